The number of anilines is 2. The summed E-state index contributed by atoms with van der Waals surface area (Å²) in [5.41, 5.74) is 3.01. The number of rotatable bonds is 10. The molecule has 0 aliphatic carbocycles. The maximum absolute atomic E-state index is 12.7. The van der Waals surface area contributed by atoms with Crippen LogP contribution in [0.3, 0.4) is 0 Å². The molecule has 0 amide bonds. The summed E-state index contributed by atoms with van der Waals surface area (Å²) in [6.45, 7) is 0. The number of nitro groups is 1. The van der Waals surface area contributed by atoms with Gasteiger partial charge in [0.05, 0.1) is 37.4 Å². The highest BCUT2D eigenvalue weighted by Crippen LogP contribution is 2.29. The van der Waals surface area contributed by atoms with Crippen molar-refractivity contribution in [2.45, 2.75) is 4.90 Å². The van der Waals surface area contributed by atoms with Crippen LogP contribution < -0.4 is 24.4 Å². The third kappa shape index (κ3) is 5.72. The van der Waals surface area contributed by atoms with Gasteiger partial charge in [0, 0.05) is 23.4 Å². The highest BCUT2D eigenvalue weighted by Gasteiger charge is 2.21. The summed E-state index contributed by atoms with van der Waals surface area (Å²) in [6.07, 6.45) is 1.41. The first-order valence-electron chi connectivity index (χ1n) is 9.74. The van der Waals surface area contributed by atoms with E-state index in [0.29, 0.717) is 22.8 Å². The van der Waals surface area contributed by atoms with Gasteiger partial charge < -0.3 is 14.2 Å². The van der Waals surface area contributed by atoms with Gasteiger partial charge in [0.2, 0.25) is 0 Å². The largest absolute Gasteiger partial charge is 0.497 e. The van der Waals surface area contributed by atoms with Crippen molar-refractivity contribution in [1.82, 2.24) is 0 Å². The van der Waals surface area contributed by atoms with Gasteiger partial charge in [-0.1, -0.05) is 0 Å². The highest BCUT2D eigenvalue weighted by molar-refractivity contribution is 7.92. The number of methoxy groups -OCH3 is 3. The minimum absolute atomic E-state index is 0.0112. The number of nitrogens with zero attached hydrogens (tertiary/aromatic N) is 2. The molecule has 3 aromatic carbocycles. The van der Waals surface area contributed by atoms with Crippen molar-refractivity contribution in [1.29, 1.82) is 0 Å². The monoisotopic (exact) mass is 486 g/mol. The molecule has 12 heteroatoms. The zero-order valence-electron chi connectivity index (χ0n) is 18.5. The summed E-state index contributed by atoms with van der Waals surface area (Å²) < 4.78 is 43.3. The molecule has 3 aromatic rings. The second-order valence-electron chi connectivity index (χ2n) is 6.75. The highest BCUT2D eigenvalue weighted by atomic mass is 32.2. The molecule has 0 aliphatic heterocycles. The molecule has 0 atom stereocenters. The Morgan fingerprint density at radius 3 is 2.21 bits per heavy atom. The van der Waals surface area contributed by atoms with E-state index in [-0.39, 0.29) is 16.3 Å². The maximum Gasteiger partial charge on any atom is 0.295 e. The van der Waals surface area contributed by atoms with Crippen LogP contribution in [-0.4, -0.2) is 40.9 Å². The van der Waals surface area contributed by atoms with Gasteiger partial charge in [0.1, 0.15) is 22.9 Å². The SMILES string of the molecule is COc1ccc(NS(=O)(=O)c2ccc(N/N=C/c3ccc(OC)cc3OC)c([N+](=O)[O-])c2)cc1. The molecule has 0 unspecified atom stereocenters. The number of hydrazone groups is 1. The lowest BCUT2D eigenvalue weighted by Gasteiger charge is -2.10. The van der Waals surface area contributed by atoms with Crippen LogP contribution >= 0.6 is 0 Å². The fourth-order valence-electron chi connectivity index (χ4n) is 2.89. The third-order valence-corrected chi connectivity index (χ3v) is 6.03. The number of hydrogen-bond donors (Lipinski definition) is 2. The van der Waals surface area contributed by atoms with E-state index in [2.05, 4.69) is 15.2 Å². The fraction of sp³-hybridized carbons (Fsp3) is 0.136. The average molecular weight is 487 g/mol. The van der Waals surface area contributed by atoms with Gasteiger partial charge in [0.25, 0.3) is 15.7 Å². The molecule has 0 spiro atoms. The van der Waals surface area contributed by atoms with Crippen molar-refractivity contribution in [2.75, 3.05) is 31.5 Å². The number of hydrogen-bond acceptors (Lipinski definition) is 9. The summed E-state index contributed by atoms with van der Waals surface area (Å²) in [5.74, 6) is 1.64. The second kappa shape index (κ2) is 10.5. The van der Waals surface area contributed by atoms with Crippen molar-refractivity contribution in [3.05, 3.63) is 76.3 Å². The average Bonchev–Trinajstić information content (AvgIpc) is 2.84. The van der Waals surface area contributed by atoms with Crippen LogP contribution in [0.5, 0.6) is 17.2 Å². The number of sulfonamides is 1. The van der Waals surface area contributed by atoms with Gasteiger partial charge in [-0.15, -0.1) is 0 Å². The van der Waals surface area contributed by atoms with Crippen LogP contribution in [0.4, 0.5) is 17.1 Å². The van der Waals surface area contributed by atoms with E-state index in [1.54, 1.807) is 30.3 Å². The quantitative estimate of drug-likeness (QED) is 0.250. The Kier molecular flexibility index (Phi) is 7.53. The van der Waals surface area contributed by atoms with Crippen LogP contribution in [0, 0.1) is 10.1 Å². The molecular weight excluding hydrogens is 464 g/mol. The Labute approximate surface area is 196 Å². The minimum Gasteiger partial charge on any atom is -0.497 e. The first-order chi connectivity index (χ1) is 16.3. The predicted molar refractivity (Wildman–Crippen MR) is 128 cm³/mol. The molecule has 178 valence electrons. The Morgan fingerprint density at radius 1 is 0.912 bits per heavy atom. The van der Waals surface area contributed by atoms with Gasteiger partial charge in [-0.05, 0) is 48.5 Å². The van der Waals surface area contributed by atoms with Crippen LogP contribution in [0.1, 0.15) is 5.56 Å². The van der Waals surface area contributed by atoms with Gasteiger partial charge in [-0.3, -0.25) is 20.3 Å². The van der Waals surface area contributed by atoms with E-state index in [9.17, 15) is 18.5 Å². The normalized spacial score (nSPS) is 11.1. The smallest absolute Gasteiger partial charge is 0.295 e. The molecule has 0 aliphatic rings. The van der Waals surface area contributed by atoms with E-state index < -0.39 is 20.6 Å². The first kappa shape index (κ1) is 24.3. The number of nitro benzene ring substituents is 1. The standard InChI is InChI=1S/C22H22N4O7S/c1-31-17-8-5-16(6-9-17)25-34(29,30)19-10-11-20(21(13-19)26(27)28)24-23-14-15-4-7-18(32-2)12-22(15)33-3/h4-14,24-25H,1-3H3/b23-14+. The fourth-order valence-corrected chi connectivity index (χ4v) is 3.97. The summed E-state index contributed by atoms with van der Waals surface area (Å²) in [5, 5.41) is 15.6. The Morgan fingerprint density at radius 2 is 1.59 bits per heavy atom. The van der Waals surface area contributed by atoms with Gasteiger partial charge in [0.15, 0.2) is 0 Å². The second-order valence-corrected chi connectivity index (χ2v) is 8.43. The van der Waals surface area contributed by atoms with Crippen LogP contribution in [0.15, 0.2) is 70.7 Å². The zero-order chi connectivity index (χ0) is 24.7. The van der Waals surface area contributed by atoms with E-state index in [0.717, 1.165) is 6.07 Å². The molecule has 0 fully saturated rings. The van der Waals surface area contributed by atoms with Crippen molar-refractivity contribution >= 4 is 33.3 Å². The summed E-state index contributed by atoms with van der Waals surface area (Å²) in [6, 6.07) is 14.8. The van der Waals surface area contributed by atoms with E-state index >= 15 is 0 Å². The van der Waals surface area contributed by atoms with Crippen LogP contribution in [0.25, 0.3) is 0 Å². The Balaban J connectivity index is 1.82. The molecule has 0 saturated heterocycles. The zero-order valence-corrected chi connectivity index (χ0v) is 19.3. The number of nitrogens with one attached hydrogen (secondary N) is 2. The third-order valence-electron chi connectivity index (χ3n) is 4.65. The molecule has 34 heavy (non-hydrogen) atoms. The predicted octanol–water partition coefficient (Wildman–Crippen LogP) is 3.87. The molecule has 0 radical (unpaired) electrons. The summed E-state index contributed by atoms with van der Waals surface area (Å²) in [4.78, 5) is 10.6. The Bertz CT molecular complexity index is 1310. The topological polar surface area (TPSA) is 141 Å². The van der Waals surface area contributed by atoms with E-state index in [4.69, 9.17) is 14.2 Å². The van der Waals surface area contributed by atoms with Gasteiger partial charge >= 0.3 is 0 Å². The van der Waals surface area contributed by atoms with E-state index in [1.807, 2.05) is 0 Å². The molecule has 11 nitrogen and oxygen atoms in total. The molecule has 3 rings (SSSR count). The molecule has 0 saturated carbocycles. The number of benzene rings is 3. The minimum atomic E-state index is -4.07. The molecule has 0 aromatic heterocycles. The van der Waals surface area contributed by atoms with Crippen molar-refractivity contribution in [3.8, 4) is 17.2 Å². The lowest BCUT2D eigenvalue weighted by atomic mass is 10.2. The molecule has 0 bridgehead atoms. The van der Waals surface area contributed by atoms with Crippen molar-refractivity contribution in [2.24, 2.45) is 5.10 Å². The Hall–Kier alpha value is -4.32. The first-order valence-corrected chi connectivity index (χ1v) is 11.2. The lowest BCUT2D eigenvalue weighted by molar-refractivity contribution is -0.384. The van der Waals surface area contributed by atoms with Gasteiger partial charge in [-0.2, -0.15) is 5.10 Å². The van der Waals surface area contributed by atoms with Crippen LogP contribution in [-0.2, 0) is 10.0 Å². The van der Waals surface area contributed by atoms with Crippen molar-refractivity contribution in [3.63, 3.8) is 0 Å². The maximum atomic E-state index is 12.7. The molecule has 2 N–H and O–H groups in total. The summed E-state index contributed by atoms with van der Waals surface area (Å²) >= 11 is 0. The van der Waals surface area contributed by atoms with Crippen LogP contribution in [0.2, 0.25) is 0 Å². The van der Waals surface area contributed by atoms with E-state index in [1.165, 1.54) is 51.8 Å². The molecular formula is C22H22N4O7S. The lowest BCUT2D eigenvalue weighted by Crippen LogP contribution is -2.13. The number of ether oxygens (including phenoxy) is 3. The molecule has 0 heterocycles. The summed E-state index contributed by atoms with van der Waals surface area (Å²) in [7, 11) is 0.434. The van der Waals surface area contributed by atoms with Crippen molar-refractivity contribution < 1.29 is 27.6 Å². The van der Waals surface area contributed by atoms with Gasteiger partial charge in [-0.25, -0.2) is 8.42 Å².